The first-order valence-electron chi connectivity index (χ1n) is 4.17. The lowest BCUT2D eigenvalue weighted by atomic mass is 10.2. The van der Waals surface area contributed by atoms with Gasteiger partial charge in [0.25, 0.3) is 0 Å². The third-order valence-corrected chi connectivity index (χ3v) is 1.39. The number of nitrogens with zero attached hydrogens (tertiary/aromatic N) is 1. The van der Waals surface area contributed by atoms with Crippen molar-refractivity contribution in [2.24, 2.45) is 5.73 Å². The van der Waals surface area contributed by atoms with E-state index < -0.39 is 18.0 Å². The molecule has 7 heteroatoms. The van der Waals surface area contributed by atoms with Crippen LogP contribution in [-0.4, -0.2) is 38.2 Å². The van der Waals surface area contributed by atoms with E-state index in [4.69, 9.17) is 15.9 Å². The van der Waals surface area contributed by atoms with Gasteiger partial charge >= 0.3 is 11.9 Å². The van der Waals surface area contributed by atoms with Crippen LogP contribution in [0.15, 0.2) is 18.7 Å². The van der Waals surface area contributed by atoms with Gasteiger partial charge in [0.1, 0.15) is 6.04 Å². The van der Waals surface area contributed by atoms with Crippen LogP contribution in [0.1, 0.15) is 12.8 Å². The zero-order valence-corrected chi connectivity index (χ0v) is 7.96. The van der Waals surface area contributed by atoms with E-state index in [-0.39, 0.29) is 12.8 Å². The van der Waals surface area contributed by atoms with Crippen molar-refractivity contribution in [3.05, 3.63) is 18.7 Å². The first-order valence-corrected chi connectivity index (χ1v) is 4.17. The second-order valence-electron chi connectivity index (χ2n) is 2.64. The Kier molecular flexibility index (Phi) is 6.56. The number of aliphatic carboxylic acids is 2. The van der Waals surface area contributed by atoms with Gasteiger partial charge in [-0.1, -0.05) is 0 Å². The second kappa shape index (κ2) is 7.51. The molecule has 1 aromatic heterocycles. The Bertz CT molecular complexity index is 269. The van der Waals surface area contributed by atoms with Gasteiger partial charge in [-0.05, 0) is 6.42 Å². The summed E-state index contributed by atoms with van der Waals surface area (Å²) in [4.78, 5) is 26.3. The molecule has 0 bridgehead atoms. The third-order valence-electron chi connectivity index (χ3n) is 1.39. The van der Waals surface area contributed by atoms with Crippen LogP contribution >= 0.6 is 0 Å². The maximum Gasteiger partial charge on any atom is 0.320 e. The molecule has 1 rings (SSSR count). The van der Waals surface area contributed by atoms with Crippen LogP contribution in [0, 0.1) is 0 Å². The Balaban J connectivity index is 0.000000322. The van der Waals surface area contributed by atoms with Crippen molar-refractivity contribution in [3.63, 3.8) is 0 Å². The Morgan fingerprint density at radius 3 is 2.40 bits per heavy atom. The number of hydrogen-bond donors (Lipinski definition) is 4. The Hall–Kier alpha value is -1.89. The highest BCUT2D eigenvalue weighted by molar-refractivity contribution is 5.74. The van der Waals surface area contributed by atoms with Gasteiger partial charge in [0, 0.05) is 18.8 Å². The highest BCUT2D eigenvalue weighted by Crippen LogP contribution is 1.93. The van der Waals surface area contributed by atoms with Crippen molar-refractivity contribution < 1.29 is 19.8 Å². The average molecular weight is 215 g/mol. The van der Waals surface area contributed by atoms with E-state index >= 15 is 0 Å². The number of carbonyl (C=O) groups is 2. The molecule has 0 aliphatic heterocycles. The number of aromatic nitrogens is 2. The number of carboxylic acids is 2. The van der Waals surface area contributed by atoms with Crippen molar-refractivity contribution in [2.45, 2.75) is 18.9 Å². The highest BCUT2D eigenvalue weighted by atomic mass is 16.4. The van der Waals surface area contributed by atoms with Gasteiger partial charge in [-0.3, -0.25) is 9.59 Å². The summed E-state index contributed by atoms with van der Waals surface area (Å²) in [7, 11) is 0. The highest BCUT2D eigenvalue weighted by Gasteiger charge is 2.12. The minimum Gasteiger partial charge on any atom is -0.481 e. The summed E-state index contributed by atoms with van der Waals surface area (Å²) >= 11 is 0. The SMILES string of the molecule is N[C@@H](CCC(=O)O)C(=O)O.c1c[nH]cn1. The van der Waals surface area contributed by atoms with Gasteiger partial charge < -0.3 is 20.9 Å². The van der Waals surface area contributed by atoms with Crippen molar-refractivity contribution in [1.29, 1.82) is 0 Å². The summed E-state index contributed by atoms with van der Waals surface area (Å²) in [6.07, 6.45) is 4.86. The molecule has 0 aromatic carbocycles. The van der Waals surface area contributed by atoms with E-state index in [9.17, 15) is 9.59 Å². The second-order valence-corrected chi connectivity index (χ2v) is 2.64. The molecule has 0 unspecified atom stereocenters. The molecule has 0 radical (unpaired) electrons. The topological polar surface area (TPSA) is 129 Å². The number of aromatic amines is 1. The normalized spacial score (nSPS) is 11.0. The molecule has 0 saturated carbocycles. The maximum atomic E-state index is 9.99. The lowest BCUT2D eigenvalue weighted by Gasteiger charge is -2.01. The van der Waals surface area contributed by atoms with Gasteiger partial charge in [-0.15, -0.1) is 0 Å². The average Bonchev–Trinajstić information content (AvgIpc) is 2.71. The van der Waals surface area contributed by atoms with Crippen molar-refractivity contribution in [3.8, 4) is 0 Å². The monoisotopic (exact) mass is 215 g/mol. The molecule has 15 heavy (non-hydrogen) atoms. The predicted octanol–water partition coefficient (Wildman–Crippen LogP) is -0.327. The summed E-state index contributed by atoms with van der Waals surface area (Å²) in [5.74, 6) is -2.20. The van der Waals surface area contributed by atoms with Crippen LogP contribution in [0.5, 0.6) is 0 Å². The molecular formula is C8H13N3O4. The van der Waals surface area contributed by atoms with E-state index in [1.165, 1.54) is 0 Å². The number of nitrogens with one attached hydrogen (secondary N) is 1. The molecular weight excluding hydrogens is 202 g/mol. The molecule has 5 N–H and O–H groups in total. The van der Waals surface area contributed by atoms with E-state index in [2.05, 4.69) is 9.97 Å². The van der Waals surface area contributed by atoms with Crippen LogP contribution in [0.25, 0.3) is 0 Å². The van der Waals surface area contributed by atoms with Crippen molar-refractivity contribution >= 4 is 11.9 Å². The predicted molar refractivity (Wildman–Crippen MR) is 51.1 cm³/mol. The third kappa shape index (κ3) is 8.44. The minimum atomic E-state index is -1.17. The molecule has 0 fully saturated rings. The molecule has 0 aliphatic rings. The first-order chi connectivity index (χ1) is 7.04. The largest absolute Gasteiger partial charge is 0.481 e. The number of rotatable bonds is 4. The lowest BCUT2D eigenvalue weighted by Crippen LogP contribution is -2.30. The molecule has 0 aliphatic carbocycles. The minimum absolute atomic E-state index is 0.0231. The van der Waals surface area contributed by atoms with Crippen LogP contribution in [0.3, 0.4) is 0 Å². The molecule has 84 valence electrons. The summed E-state index contributed by atoms with van der Waals surface area (Å²) in [6, 6.07) is -1.06. The van der Waals surface area contributed by atoms with E-state index in [0.717, 1.165) is 0 Å². The van der Waals surface area contributed by atoms with Gasteiger partial charge in [-0.2, -0.15) is 0 Å². The zero-order chi connectivity index (χ0) is 11.7. The summed E-state index contributed by atoms with van der Waals surface area (Å²) in [6.45, 7) is 0. The van der Waals surface area contributed by atoms with Crippen LogP contribution in [0.4, 0.5) is 0 Å². The molecule has 7 nitrogen and oxygen atoms in total. The van der Waals surface area contributed by atoms with Crippen molar-refractivity contribution in [2.75, 3.05) is 0 Å². The molecule has 0 spiro atoms. The first kappa shape index (κ1) is 13.1. The number of nitrogens with two attached hydrogens (primary N) is 1. The van der Waals surface area contributed by atoms with Crippen LogP contribution in [0.2, 0.25) is 0 Å². The van der Waals surface area contributed by atoms with E-state index in [0.29, 0.717) is 0 Å². The molecule has 0 saturated heterocycles. The number of hydrogen-bond acceptors (Lipinski definition) is 4. The zero-order valence-electron chi connectivity index (χ0n) is 7.96. The molecule has 1 atom stereocenters. The van der Waals surface area contributed by atoms with Gasteiger partial charge in [0.05, 0.1) is 6.33 Å². The summed E-state index contributed by atoms with van der Waals surface area (Å²) < 4.78 is 0. The molecule has 1 heterocycles. The van der Waals surface area contributed by atoms with Crippen LogP contribution in [-0.2, 0) is 9.59 Å². The Labute approximate surface area is 85.9 Å². The smallest absolute Gasteiger partial charge is 0.320 e. The number of carboxylic acid groups (broad SMARTS) is 2. The number of H-pyrrole nitrogens is 1. The fourth-order valence-corrected chi connectivity index (χ4v) is 0.618. The van der Waals surface area contributed by atoms with Gasteiger partial charge in [-0.25, -0.2) is 4.98 Å². The maximum absolute atomic E-state index is 9.99. The van der Waals surface area contributed by atoms with E-state index in [1.54, 1.807) is 18.7 Å². The van der Waals surface area contributed by atoms with Crippen molar-refractivity contribution in [1.82, 2.24) is 9.97 Å². The molecule has 0 amide bonds. The van der Waals surface area contributed by atoms with Gasteiger partial charge in [0.15, 0.2) is 0 Å². The fraction of sp³-hybridized carbons (Fsp3) is 0.375. The van der Waals surface area contributed by atoms with E-state index in [1.807, 2.05) is 0 Å². The quantitative estimate of drug-likeness (QED) is 0.544. The molecule has 1 aromatic rings. The summed E-state index contributed by atoms with van der Waals surface area (Å²) in [5, 5.41) is 16.3. The fourth-order valence-electron chi connectivity index (χ4n) is 0.618. The Morgan fingerprint density at radius 2 is 2.13 bits per heavy atom. The Morgan fingerprint density at radius 1 is 1.47 bits per heavy atom. The summed E-state index contributed by atoms with van der Waals surface area (Å²) in [5.41, 5.74) is 5.00. The number of imidazole rings is 1. The lowest BCUT2D eigenvalue weighted by molar-refractivity contribution is -0.139. The van der Waals surface area contributed by atoms with Gasteiger partial charge in [0.2, 0.25) is 0 Å². The standard InChI is InChI=1S/C5H9NO4.C3H4N2/c6-3(5(9)10)1-2-4(7)8;1-2-5-3-4-1/h3H,1-2,6H2,(H,7,8)(H,9,10);1-3H,(H,4,5)/t3-;/m0./s1. The van der Waals surface area contributed by atoms with Crippen LogP contribution < -0.4 is 5.73 Å².